The summed E-state index contributed by atoms with van der Waals surface area (Å²) in [6, 6.07) is 17.6. The number of anilines is 1. The van der Waals surface area contributed by atoms with Gasteiger partial charge in [0.25, 0.3) is 0 Å². The van der Waals surface area contributed by atoms with Gasteiger partial charge < -0.3 is 5.32 Å². The fourth-order valence-corrected chi connectivity index (χ4v) is 3.10. The number of nitrogens with one attached hydrogen (secondary N) is 1. The Balaban J connectivity index is 1.84. The van der Waals surface area contributed by atoms with Gasteiger partial charge in [0.05, 0.1) is 5.69 Å². The summed E-state index contributed by atoms with van der Waals surface area (Å²) >= 11 is 7.36. The van der Waals surface area contributed by atoms with Crippen LogP contribution in [0.25, 0.3) is 16.8 Å². The van der Waals surface area contributed by atoms with Gasteiger partial charge >= 0.3 is 0 Å². The lowest BCUT2D eigenvalue weighted by Gasteiger charge is -2.04. The fraction of sp³-hybridized carbons (Fsp3) is 0.0526. The second-order valence-electron chi connectivity index (χ2n) is 5.17. The average molecular weight is 352 g/mol. The fourth-order valence-electron chi connectivity index (χ4n) is 2.18. The van der Waals surface area contributed by atoms with E-state index < -0.39 is 0 Å². The van der Waals surface area contributed by atoms with Crippen molar-refractivity contribution in [3.63, 3.8) is 0 Å². The van der Waals surface area contributed by atoms with E-state index in [1.54, 1.807) is 6.20 Å². The Labute approximate surface area is 149 Å². The van der Waals surface area contributed by atoms with E-state index in [9.17, 15) is 5.26 Å². The van der Waals surface area contributed by atoms with E-state index in [2.05, 4.69) is 16.4 Å². The topological polar surface area (TPSA) is 48.7 Å². The molecule has 3 aromatic rings. The Hall–Kier alpha value is -2.61. The van der Waals surface area contributed by atoms with Crippen molar-refractivity contribution in [2.24, 2.45) is 0 Å². The highest BCUT2D eigenvalue weighted by atomic mass is 35.5. The molecule has 0 radical (unpaired) electrons. The highest BCUT2D eigenvalue weighted by Crippen LogP contribution is 2.27. The first-order chi connectivity index (χ1) is 11.7. The lowest BCUT2D eigenvalue weighted by atomic mass is 10.2. The van der Waals surface area contributed by atoms with Crippen LogP contribution in [0.15, 0.2) is 60.1 Å². The third kappa shape index (κ3) is 3.65. The van der Waals surface area contributed by atoms with E-state index in [1.807, 2.05) is 60.8 Å². The molecule has 1 heterocycles. The van der Waals surface area contributed by atoms with Crippen LogP contribution in [0.1, 0.15) is 10.6 Å². The molecule has 0 saturated carbocycles. The zero-order valence-corrected chi connectivity index (χ0v) is 14.5. The molecule has 118 valence electrons. The van der Waals surface area contributed by atoms with Crippen LogP contribution in [0.5, 0.6) is 0 Å². The van der Waals surface area contributed by atoms with Gasteiger partial charge in [-0.25, -0.2) is 4.98 Å². The summed E-state index contributed by atoms with van der Waals surface area (Å²) in [6.45, 7) is 2.02. The van der Waals surface area contributed by atoms with Crippen molar-refractivity contribution in [2.45, 2.75) is 6.92 Å². The largest absolute Gasteiger partial charge is 0.360 e. The number of rotatable bonds is 4. The molecule has 3 nitrogen and oxygen atoms in total. The van der Waals surface area contributed by atoms with Crippen molar-refractivity contribution in [2.75, 3.05) is 5.32 Å². The highest BCUT2D eigenvalue weighted by Gasteiger charge is 2.09. The van der Waals surface area contributed by atoms with Crippen LogP contribution in [0.2, 0.25) is 5.02 Å². The van der Waals surface area contributed by atoms with Gasteiger partial charge in [0.2, 0.25) is 0 Å². The molecular formula is C19H14ClN3S. The predicted molar refractivity (Wildman–Crippen MR) is 101 cm³/mol. The van der Waals surface area contributed by atoms with Crippen LogP contribution in [0, 0.1) is 18.3 Å². The van der Waals surface area contributed by atoms with Gasteiger partial charge in [-0.2, -0.15) is 5.26 Å². The third-order valence-corrected chi connectivity index (χ3v) is 4.64. The Morgan fingerprint density at radius 1 is 1.21 bits per heavy atom. The van der Waals surface area contributed by atoms with Gasteiger partial charge in [-0.1, -0.05) is 41.9 Å². The minimum Gasteiger partial charge on any atom is -0.360 e. The van der Waals surface area contributed by atoms with Crippen molar-refractivity contribution in [1.82, 2.24) is 4.98 Å². The number of para-hydroxylation sites is 1. The minimum absolute atomic E-state index is 0.503. The zero-order chi connectivity index (χ0) is 16.9. The highest BCUT2D eigenvalue weighted by molar-refractivity contribution is 7.11. The molecule has 1 aromatic heterocycles. The van der Waals surface area contributed by atoms with Crippen molar-refractivity contribution in [3.05, 3.63) is 75.7 Å². The van der Waals surface area contributed by atoms with Crippen molar-refractivity contribution in [1.29, 1.82) is 5.26 Å². The van der Waals surface area contributed by atoms with Gasteiger partial charge in [-0.15, -0.1) is 11.3 Å². The van der Waals surface area contributed by atoms with Crippen LogP contribution >= 0.6 is 22.9 Å². The monoisotopic (exact) mass is 351 g/mol. The summed E-state index contributed by atoms with van der Waals surface area (Å²) in [6.07, 6.45) is 1.70. The molecule has 0 saturated heterocycles. The number of aromatic nitrogens is 1. The van der Waals surface area contributed by atoms with Crippen LogP contribution in [-0.4, -0.2) is 4.98 Å². The minimum atomic E-state index is 0.503. The quantitative estimate of drug-likeness (QED) is 0.609. The number of halogens is 1. The number of thiazole rings is 1. The summed E-state index contributed by atoms with van der Waals surface area (Å²) < 4.78 is 0. The second kappa shape index (κ2) is 7.31. The Morgan fingerprint density at radius 3 is 2.67 bits per heavy atom. The van der Waals surface area contributed by atoms with E-state index in [0.29, 0.717) is 15.6 Å². The van der Waals surface area contributed by atoms with E-state index in [1.165, 1.54) is 11.3 Å². The molecule has 2 aromatic carbocycles. The number of hydrogen-bond acceptors (Lipinski definition) is 4. The molecule has 0 spiro atoms. The molecule has 0 aliphatic carbocycles. The van der Waals surface area contributed by atoms with Gasteiger partial charge in [-0.05, 0) is 30.7 Å². The van der Waals surface area contributed by atoms with Crippen molar-refractivity contribution >= 4 is 34.2 Å². The van der Waals surface area contributed by atoms with Crippen LogP contribution in [-0.2, 0) is 0 Å². The van der Waals surface area contributed by atoms with Crippen LogP contribution in [0.4, 0.5) is 5.69 Å². The van der Waals surface area contributed by atoms with E-state index in [-0.39, 0.29) is 0 Å². The third-order valence-electron chi connectivity index (χ3n) is 3.51. The molecule has 0 atom stereocenters. The molecule has 0 fully saturated rings. The van der Waals surface area contributed by atoms with Crippen LogP contribution < -0.4 is 5.32 Å². The molecule has 0 aliphatic rings. The van der Waals surface area contributed by atoms with Gasteiger partial charge in [0.1, 0.15) is 16.6 Å². The molecule has 1 N–H and O–H groups in total. The maximum Gasteiger partial charge on any atom is 0.136 e. The normalized spacial score (nSPS) is 11.1. The molecule has 3 rings (SSSR count). The van der Waals surface area contributed by atoms with Gasteiger partial charge in [0.15, 0.2) is 0 Å². The number of nitriles is 1. The molecule has 0 amide bonds. The molecule has 24 heavy (non-hydrogen) atoms. The molecule has 0 unspecified atom stereocenters. The van der Waals surface area contributed by atoms with E-state index in [0.717, 1.165) is 22.5 Å². The molecule has 0 aliphatic heterocycles. The summed E-state index contributed by atoms with van der Waals surface area (Å²) in [5.74, 6) is 0. The lowest BCUT2D eigenvalue weighted by Crippen LogP contribution is -1.93. The van der Waals surface area contributed by atoms with E-state index >= 15 is 0 Å². The lowest BCUT2D eigenvalue weighted by molar-refractivity contribution is 1.36. The summed E-state index contributed by atoms with van der Waals surface area (Å²) in [4.78, 5) is 4.56. The Kier molecular flexibility index (Phi) is 4.95. The van der Waals surface area contributed by atoms with Gasteiger partial charge in [-0.3, -0.25) is 0 Å². The SMILES string of the molecule is Cc1ccccc1N/C=C(/C#N)c1nc(-c2ccc(Cl)cc2)cs1. The van der Waals surface area contributed by atoms with E-state index in [4.69, 9.17) is 11.6 Å². The molecular weight excluding hydrogens is 338 g/mol. The van der Waals surface area contributed by atoms with Crippen molar-refractivity contribution < 1.29 is 0 Å². The van der Waals surface area contributed by atoms with Crippen LogP contribution in [0.3, 0.4) is 0 Å². The Bertz CT molecular complexity index is 920. The standard InChI is InChI=1S/C19H14ClN3S/c1-13-4-2-3-5-17(13)22-11-15(10-21)19-23-18(12-24-19)14-6-8-16(20)9-7-14/h2-9,11-12,22H,1H3/b15-11-. The first-order valence-electron chi connectivity index (χ1n) is 7.31. The number of allylic oxidation sites excluding steroid dienone is 1. The van der Waals surface area contributed by atoms with Crippen molar-refractivity contribution in [3.8, 4) is 17.3 Å². The summed E-state index contributed by atoms with van der Waals surface area (Å²) in [5, 5.41) is 15.9. The first-order valence-corrected chi connectivity index (χ1v) is 8.57. The number of nitrogens with zero attached hydrogens (tertiary/aromatic N) is 2. The maximum absolute atomic E-state index is 9.43. The number of hydrogen-bond donors (Lipinski definition) is 1. The molecule has 0 bridgehead atoms. The zero-order valence-electron chi connectivity index (χ0n) is 13.0. The number of benzene rings is 2. The summed E-state index contributed by atoms with van der Waals surface area (Å²) in [5.41, 5.74) is 4.41. The first kappa shape index (κ1) is 16.3. The number of aryl methyl sites for hydroxylation is 1. The predicted octanol–water partition coefficient (Wildman–Crippen LogP) is 5.75. The maximum atomic E-state index is 9.43. The average Bonchev–Trinajstić information content (AvgIpc) is 3.07. The molecule has 5 heteroatoms. The summed E-state index contributed by atoms with van der Waals surface area (Å²) in [7, 11) is 0. The second-order valence-corrected chi connectivity index (χ2v) is 6.47. The smallest absolute Gasteiger partial charge is 0.136 e. The van der Waals surface area contributed by atoms with Gasteiger partial charge in [0, 0.05) is 27.9 Å². The Morgan fingerprint density at radius 2 is 1.96 bits per heavy atom.